The van der Waals surface area contributed by atoms with Gasteiger partial charge < -0.3 is 14.8 Å². The topological polar surface area (TPSA) is 47.6 Å². The van der Waals surface area contributed by atoms with E-state index in [0.717, 1.165) is 0 Å². The van der Waals surface area contributed by atoms with Crippen molar-refractivity contribution in [1.82, 2.24) is 0 Å². The first-order valence-corrected chi connectivity index (χ1v) is 6.32. The Balaban J connectivity index is 2.30. The molecular formula is C13H11ClF3NO3. The highest BCUT2D eigenvalue weighted by Gasteiger charge is 2.43. The minimum absolute atomic E-state index is 0.128. The molecule has 0 bridgehead atoms. The third kappa shape index (κ3) is 3.41. The number of allylic oxidation sites excluding steroid dienone is 1. The van der Waals surface area contributed by atoms with Crippen LogP contribution in [-0.4, -0.2) is 25.3 Å². The fourth-order valence-corrected chi connectivity index (χ4v) is 1.89. The van der Waals surface area contributed by atoms with Crippen LogP contribution in [0, 0.1) is 6.92 Å². The molecule has 0 aromatic heterocycles. The molecule has 4 nitrogen and oxygen atoms in total. The molecule has 1 N–H and O–H groups in total. The number of hydrogen-bond acceptors (Lipinski definition) is 3. The number of carbonyl (C=O) groups excluding carboxylic acids is 1. The number of hydrogen-bond donors (Lipinski definition) is 1. The molecule has 0 saturated carbocycles. The summed E-state index contributed by atoms with van der Waals surface area (Å²) in [7, 11) is 0. The number of nitrogens with one attached hydrogen (secondary N) is 1. The predicted molar refractivity (Wildman–Crippen MR) is 69.8 cm³/mol. The minimum atomic E-state index is -4.80. The lowest BCUT2D eigenvalue weighted by Crippen LogP contribution is -2.30. The molecule has 1 aromatic carbocycles. The number of anilines is 1. The highest BCUT2D eigenvalue weighted by Crippen LogP contribution is 2.32. The van der Waals surface area contributed by atoms with Gasteiger partial charge in [-0.15, -0.1) is 0 Å². The van der Waals surface area contributed by atoms with Gasteiger partial charge in [-0.2, -0.15) is 13.2 Å². The van der Waals surface area contributed by atoms with Crippen LogP contribution in [0.15, 0.2) is 29.7 Å². The molecule has 2 rings (SSSR count). The third-order valence-electron chi connectivity index (χ3n) is 2.76. The second-order valence-corrected chi connectivity index (χ2v) is 4.63. The summed E-state index contributed by atoms with van der Waals surface area (Å²) in [6.45, 7) is 1.24. The fraction of sp³-hybridized carbons (Fsp3) is 0.308. The maximum absolute atomic E-state index is 12.8. The summed E-state index contributed by atoms with van der Waals surface area (Å²) in [4.78, 5) is 12.0. The molecule has 1 aliphatic rings. The first-order chi connectivity index (χ1) is 9.80. The molecule has 0 atom stereocenters. The molecule has 0 radical (unpaired) electrons. The van der Waals surface area contributed by atoms with E-state index in [9.17, 15) is 18.0 Å². The lowest BCUT2D eigenvalue weighted by Gasteiger charge is -2.23. The summed E-state index contributed by atoms with van der Waals surface area (Å²) >= 11 is 5.89. The van der Waals surface area contributed by atoms with Crippen molar-refractivity contribution in [3.8, 4) is 0 Å². The van der Waals surface area contributed by atoms with E-state index >= 15 is 0 Å². The van der Waals surface area contributed by atoms with E-state index in [1.54, 1.807) is 19.1 Å². The number of ether oxygens (including phenoxy) is 2. The van der Waals surface area contributed by atoms with Gasteiger partial charge in [-0.3, -0.25) is 4.79 Å². The van der Waals surface area contributed by atoms with Crippen LogP contribution in [0.4, 0.5) is 18.9 Å². The SMILES string of the molecule is Cc1c(Cl)cccc1NC(=O)C1=C(C(F)(F)F)OCCO1. The van der Waals surface area contributed by atoms with Gasteiger partial charge in [-0.25, -0.2) is 0 Å². The quantitative estimate of drug-likeness (QED) is 0.908. The number of halogens is 4. The van der Waals surface area contributed by atoms with E-state index in [0.29, 0.717) is 16.3 Å². The van der Waals surface area contributed by atoms with Crippen molar-refractivity contribution in [3.05, 3.63) is 40.3 Å². The summed E-state index contributed by atoms with van der Waals surface area (Å²) in [5.74, 6) is -3.34. The highest BCUT2D eigenvalue weighted by atomic mass is 35.5. The van der Waals surface area contributed by atoms with Crippen molar-refractivity contribution >= 4 is 23.2 Å². The van der Waals surface area contributed by atoms with E-state index in [4.69, 9.17) is 16.3 Å². The van der Waals surface area contributed by atoms with Crippen LogP contribution in [-0.2, 0) is 14.3 Å². The Morgan fingerprint density at radius 3 is 2.62 bits per heavy atom. The molecule has 0 saturated heterocycles. The Bertz CT molecular complexity index is 599. The monoisotopic (exact) mass is 321 g/mol. The van der Waals surface area contributed by atoms with Crippen LogP contribution in [0.2, 0.25) is 5.02 Å². The van der Waals surface area contributed by atoms with Gasteiger partial charge in [-0.1, -0.05) is 17.7 Å². The first-order valence-electron chi connectivity index (χ1n) is 5.94. The Morgan fingerprint density at radius 1 is 1.29 bits per heavy atom. The van der Waals surface area contributed by atoms with E-state index in [-0.39, 0.29) is 13.2 Å². The molecule has 21 heavy (non-hydrogen) atoms. The molecular weight excluding hydrogens is 311 g/mol. The summed E-state index contributed by atoms with van der Waals surface area (Å²) < 4.78 is 47.6. The second kappa shape index (κ2) is 5.85. The van der Waals surface area contributed by atoms with Gasteiger partial charge in [0.1, 0.15) is 13.2 Å². The predicted octanol–water partition coefficient (Wildman–Crippen LogP) is 3.41. The largest absolute Gasteiger partial charge is 0.483 e. The van der Waals surface area contributed by atoms with Crippen molar-refractivity contribution in [2.24, 2.45) is 0 Å². The number of rotatable bonds is 2. The molecule has 1 aliphatic heterocycles. The average Bonchev–Trinajstić information content (AvgIpc) is 2.43. The van der Waals surface area contributed by atoms with E-state index in [1.807, 2.05) is 0 Å². The Morgan fingerprint density at radius 2 is 1.95 bits per heavy atom. The van der Waals surface area contributed by atoms with Crippen LogP contribution in [0.5, 0.6) is 0 Å². The maximum Gasteiger partial charge on any atom is 0.453 e. The smallest absolute Gasteiger partial charge is 0.453 e. The fourth-order valence-electron chi connectivity index (χ4n) is 1.72. The van der Waals surface area contributed by atoms with Gasteiger partial charge in [0.25, 0.3) is 5.91 Å². The molecule has 0 unspecified atom stereocenters. The second-order valence-electron chi connectivity index (χ2n) is 4.22. The van der Waals surface area contributed by atoms with Crippen molar-refractivity contribution in [1.29, 1.82) is 0 Å². The normalized spacial score (nSPS) is 15.3. The van der Waals surface area contributed by atoms with Crippen LogP contribution in [0.25, 0.3) is 0 Å². The Hall–Kier alpha value is -1.89. The van der Waals surface area contributed by atoms with E-state index in [2.05, 4.69) is 10.1 Å². The summed E-state index contributed by atoms with van der Waals surface area (Å²) in [6, 6.07) is 4.70. The van der Waals surface area contributed by atoms with E-state index in [1.165, 1.54) is 6.07 Å². The van der Waals surface area contributed by atoms with Crippen molar-refractivity contribution < 1.29 is 27.4 Å². The standard InChI is InChI=1S/C13H11ClF3NO3/c1-7-8(14)3-2-4-9(7)18-12(19)10-11(13(15,16)17)21-6-5-20-10/h2-4H,5-6H2,1H3,(H,18,19). The van der Waals surface area contributed by atoms with Gasteiger partial charge in [-0.05, 0) is 24.6 Å². The number of alkyl halides is 3. The van der Waals surface area contributed by atoms with Crippen LogP contribution >= 0.6 is 11.6 Å². The molecule has 1 aromatic rings. The molecule has 8 heteroatoms. The summed E-state index contributed by atoms with van der Waals surface area (Å²) in [5, 5.41) is 2.72. The average molecular weight is 322 g/mol. The zero-order valence-corrected chi connectivity index (χ0v) is 11.6. The van der Waals surface area contributed by atoms with Crippen LogP contribution < -0.4 is 5.32 Å². The zero-order chi connectivity index (χ0) is 15.6. The van der Waals surface area contributed by atoms with Gasteiger partial charge >= 0.3 is 6.18 Å². The number of carbonyl (C=O) groups is 1. The third-order valence-corrected chi connectivity index (χ3v) is 3.17. The lowest BCUT2D eigenvalue weighted by atomic mass is 10.2. The molecule has 1 amide bonds. The number of amides is 1. The summed E-state index contributed by atoms with van der Waals surface area (Å²) in [5.41, 5.74) is 0.842. The Labute approximate surface area is 123 Å². The zero-order valence-electron chi connectivity index (χ0n) is 10.9. The van der Waals surface area contributed by atoms with Crippen molar-refractivity contribution in [2.45, 2.75) is 13.1 Å². The first kappa shape index (κ1) is 15.5. The van der Waals surface area contributed by atoms with E-state index < -0.39 is 23.6 Å². The van der Waals surface area contributed by atoms with Crippen LogP contribution in [0.1, 0.15) is 5.56 Å². The van der Waals surface area contributed by atoms with Crippen LogP contribution in [0.3, 0.4) is 0 Å². The Kier molecular flexibility index (Phi) is 4.32. The molecule has 0 fully saturated rings. The molecule has 0 aliphatic carbocycles. The number of benzene rings is 1. The van der Waals surface area contributed by atoms with Gasteiger partial charge in [0, 0.05) is 10.7 Å². The van der Waals surface area contributed by atoms with Gasteiger partial charge in [0.15, 0.2) is 0 Å². The molecule has 0 spiro atoms. The van der Waals surface area contributed by atoms with Gasteiger partial charge in [0.2, 0.25) is 11.5 Å². The lowest BCUT2D eigenvalue weighted by molar-refractivity contribution is -0.151. The maximum atomic E-state index is 12.8. The minimum Gasteiger partial charge on any atom is -0.483 e. The van der Waals surface area contributed by atoms with Crippen molar-refractivity contribution in [2.75, 3.05) is 18.5 Å². The van der Waals surface area contributed by atoms with Crippen molar-refractivity contribution in [3.63, 3.8) is 0 Å². The molecule has 114 valence electrons. The highest BCUT2D eigenvalue weighted by molar-refractivity contribution is 6.31. The molecule has 1 heterocycles. The summed E-state index contributed by atoms with van der Waals surface area (Å²) in [6.07, 6.45) is -4.80. The van der Waals surface area contributed by atoms with Gasteiger partial charge in [0.05, 0.1) is 0 Å².